The molecule has 1 N–H and O–H groups in total. The van der Waals surface area contributed by atoms with Crippen molar-refractivity contribution in [2.45, 2.75) is 13.3 Å². The van der Waals surface area contributed by atoms with Gasteiger partial charge in [0.2, 0.25) is 5.88 Å². The highest BCUT2D eigenvalue weighted by Crippen LogP contribution is 2.18. The van der Waals surface area contributed by atoms with E-state index in [1.807, 2.05) is 12.1 Å². The highest BCUT2D eigenvalue weighted by atomic mass is 16.5. The molecular formula is C13H21N3O. The molecule has 1 atom stereocenters. The van der Waals surface area contributed by atoms with Crippen molar-refractivity contribution >= 4 is 5.69 Å². The summed E-state index contributed by atoms with van der Waals surface area (Å²) in [5.74, 6) is 1.42. The van der Waals surface area contributed by atoms with E-state index in [1.165, 1.54) is 26.1 Å². The fourth-order valence-corrected chi connectivity index (χ4v) is 2.26. The maximum atomic E-state index is 5.10. The van der Waals surface area contributed by atoms with Gasteiger partial charge in [0.25, 0.3) is 0 Å². The van der Waals surface area contributed by atoms with Crippen molar-refractivity contribution in [3.8, 4) is 5.88 Å². The molecule has 1 fully saturated rings. The van der Waals surface area contributed by atoms with Gasteiger partial charge in [-0.1, -0.05) is 6.92 Å². The van der Waals surface area contributed by atoms with Crippen LogP contribution in [0.15, 0.2) is 18.3 Å². The first-order chi connectivity index (χ1) is 8.31. The largest absolute Gasteiger partial charge is 0.481 e. The molecule has 0 aromatic carbocycles. The molecule has 17 heavy (non-hydrogen) atoms. The lowest BCUT2D eigenvalue weighted by Crippen LogP contribution is -2.22. The molecule has 0 saturated carbocycles. The number of aromatic nitrogens is 1. The Labute approximate surface area is 103 Å². The standard InChI is InChI=1S/C13H21N3O/c1-3-16-7-5-11(10-16)9-15-12-4-6-14-13(8-12)17-2/h4,6,8,11H,3,5,7,9-10H2,1-2H3,(H,14,15). The molecule has 1 aromatic heterocycles. The number of nitrogens with one attached hydrogen (secondary N) is 1. The Morgan fingerprint density at radius 2 is 2.47 bits per heavy atom. The van der Waals surface area contributed by atoms with E-state index in [1.54, 1.807) is 13.3 Å². The number of likely N-dealkylation sites (tertiary alicyclic amines) is 1. The second-order valence-electron chi connectivity index (χ2n) is 4.52. The first kappa shape index (κ1) is 12.2. The summed E-state index contributed by atoms with van der Waals surface area (Å²) in [7, 11) is 1.64. The Morgan fingerprint density at radius 1 is 1.59 bits per heavy atom. The Morgan fingerprint density at radius 3 is 3.18 bits per heavy atom. The van der Waals surface area contributed by atoms with E-state index in [4.69, 9.17) is 4.74 Å². The number of methoxy groups -OCH3 is 1. The van der Waals surface area contributed by atoms with Crippen LogP contribution < -0.4 is 10.1 Å². The van der Waals surface area contributed by atoms with Crippen LogP contribution in [-0.4, -0.2) is 43.2 Å². The van der Waals surface area contributed by atoms with Gasteiger partial charge in [-0.15, -0.1) is 0 Å². The van der Waals surface area contributed by atoms with E-state index in [-0.39, 0.29) is 0 Å². The summed E-state index contributed by atoms with van der Waals surface area (Å²) < 4.78 is 5.10. The molecule has 1 unspecified atom stereocenters. The SMILES string of the molecule is CCN1CCC(CNc2ccnc(OC)c2)C1. The summed E-state index contributed by atoms with van der Waals surface area (Å²) >= 11 is 0. The molecule has 0 aliphatic carbocycles. The minimum Gasteiger partial charge on any atom is -0.481 e. The van der Waals surface area contributed by atoms with Crippen molar-refractivity contribution < 1.29 is 4.74 Å². The minimum absolute atomic E-state index is 0.664. The fourth-order valence-electron chi connectivity index (χ4n) is 2.26. The Kier molecular flexibility index (Phi) is 4.20. The third-order valence-electron chi connectivity index (χ3n) is 3.36. The zero-order valence-corrected chi connectivity index (χ0v) is 10.6. The normalized spacial score (nSPS) is 20.5. The van der Waals surface area contributed by atoms with Gasteiger partial charge in [0.1, 0.15) is 0 Å². The molecule has 1 aliphatic rings. The summed E-state index contributed by atoms with van der Waals surface area (Å²) in [4.78, 5) is 6.59. The van der Waals surface area contributed by atoms with Gasteiger partial charge in [0, 0.05) is 31.0 Å². The molecule has 0 radical (unpaired) electrons. The van der Waals surface area contributed by atoms with Crippen molar-refractivity contribution in [1.82, 2.24) is 9.88 Å². The topological polar surface area (TPSA) is 37.4 Å². The molecule has 1 saturated heterocycles. The van der Waals surface area contributed by atoms with Crippen LogP contribution in [0.4, 0.5) is 5.69 Å². The molecule has 4 nitrogen and oxygen atoms in total. The average molecular weight is 235 g/mol. The van der Waals surface area contributed by atoms with E-state index in [9.17, 15) is 0 Å². The summed E-state index contributed by atoms with van der Waals surface area (Å²) in [6.45, 7) is 6.88. The number of ether oxygens (including phenoxy) is 1. The molecule has 2 heterocycles. The Balaban J connectivity index is 1.81. The van der Waals surface area contributed by atoms with E-state index < -0.39 is 0 Å². The number of nitrogens with zero attached hydrogens (tertiary/aromatic N) is 2. The van der Waals surface area contributed by atoms with Crippen molar-refractivity contribution in [2.75, 3.05) is 38.6 Å². The molecule has 2 rings (SSSR count). The molecule has 1 aromatic rings. The molecule has 0 spiro atoms. The van der Waals surface area contributed by atoms with Gasteiger partial charge in [-0.3, -0.25) is 0 Å². The summed E-state index contributed by atoms with van der Waals surface area (Å²) in [5.41, 5.74) is 1.09. The molecule has 4 heteroatoms. The van der Waals surface area contributed by atoms with Gasteiger partial charge in [-0.05, 0) is 31.5 Å². The number of rotatable bonds is 5. The zero-order valence-electron chi connectivity index (χ0n) is 10.6. The number of anilines is 1. The van der Waals surface area contributed by atoms with Crippen LogP contribution in [-0.2, 0) is 0 Å². The van der Waals surface area contributed by atoms with Gasteiger partial charge < -0.3 is 15.0 Å². The van der Waals surface area contributed by atoms with E-state index >= 15 is 0 Å². The van der Waals surface area contributed by atoms with Crippen LogP contribution in [0.3, 0.4) is 0 Å². The summed E-state index contributed by atoms with van der Waals surface area (Å²) in [6, 6.07) is 3.92. The molecule has 1 aliphatic heterocycles. The lowest BCUT2D eigenvalue weighted by atomic mass is 10.1. The second kappa shape index (κ2) is 5.87. The van der Waals surface area contributed by atoms with Crippen LogP contribution >= 0.6 is 0 Å². The molecular weight excluding hydrogens is 214 g/mol. The van der Waals surface area contributed by atoms with Gasteiger partial charge in [0.15, 0.2) is 0 Å². The molecule has 94 valence electrons. The van der Waals surface area contributed by atoms with E-state index in [0.29, 0.717) is 5.88 Å². The highest BCUT2D eigenvalue weighted by molar-refractivity contribution is 5.44. The average Bonchev–Trinajstić information content (AvgIpc) is 2.84. The zero-order chi connectivity index (χ0) is 12.1. The van der Waals surface area contributed by atoms with Crippen LogP contribution in [0.25, 0.3) is 0 Å². The van der Waals surface area contributed by atoms with E-state index in [2.05, 4.69) is 22.1 Å². The van der Waals surface area contributed by atoms with Crippen molar-refractivity contribution in [3.05, 3.63) is 18.3 Å². The smallest absolute Gasteiger partial charge is 0.214 e. The lowest BCUT2D eigenvalue weighted by Gasteiger charge is -2.14. The van der Waals surface area contributed by atoms with E-state index in [0.717, 1.165) is 18.2 Å². The summed E-state index contributed by atoms with van der Waals surface area (Å²) in [5, 5.41) is 3.46. The third kappa shape index (κ3) is 3.33. The maximum absolute atomic E-state index is 5.10. The molecule has 0 amide bonds. The van der Waals surface area contributed by atoms with Crippen molar-refractivity contribution in [2.24, 2.45) is 5.92 Å². The highest BCUT2D eigenvalue weighted by Gasteiger charge is 2.20. The Hall–Kier alpha value is -1.29. The lowest BCUT2D eigenvalue weighted by molar-refractivity contribution is 0.345. The van der Waals surface area contributed by atoms with Gasteiger partial charge in [0.05, 0.1) is 7.11 Å². The van der Waals surface area contributed by atoms with Gasteiger partial charge >= 0.3 is 0 Å². The number of hydrogen-bond donors (Lipinski definition) is 1. The number of pyridine rings is 1. The second-order valence-corrected chi connectivity index (χ2v) is 4.52. The first-order valence-corrected chi connectivity index (χ1v) is 6.28. The number of hydrogen-bond acceptors (Lipinski definition) is 4. The predicted molar refractivity (Wildman–Crippen MR) is 69.5 cm³/mol. The van der Waals surface area contributed by atoms with Crippen LogP contribution in [0.1, 0.15) is 13.3 Å². The van der Waals surface area contributed by atoms with Crippen LogP contribution in [0, 0.1) is 5.92 Å². The Bertz CT molecular complexity index is 356. The quantitative estimate of drug-likeness (QED) is 0.845. The predicted octanol–water partition coefficient (Wildman–Crippen LogP) is 1.84. The summed E-state index contributed by atoms with van der Waals surface area (Å²) in [6.07, 6.45) is 3.07. The van der Waals surface area contributed by atoms with Crippen molar-refractivity contribution in [3.63, 3.8) is 0 Å². The maximum Gasteiger partial charge on any atom is 0.214 e. The van der Waals surface area contributed by atoms with Gasteiger partial charge in [-0.25, -0.2) is 4.98 Å². The van der Waals surface area contributed by atoms with Crippen LogP contribution in [0.2, 0.25) is 0 Å². The van der Waals surface area contributed by atoms with Crippen molar-refractivity contribution in [1.29, 1.82) is 0 Å². The fraction of sp³-hybridized carbons (Fsp3) is 0.615. The first-order valence-electron chi connectivity index (χ1n) is 6.28. The molecule has 0 bridgehead atoms. The van der Waals surface area contributed by atoms with Crippen LogP contribution in [0.5, 0.6) is 5.88 Å². The van der Waals surface area contributed by atoms with Gasteiger partial charge in [-0.2, -0.15) is 0 Å². The monoisotopic (exact) mass is 235 g/mol. The third-order valence-corrected chi connectivity index (χ3v) is 3.36. The minimum atomic E-state index is 0.664.